The molecule has 0 aromatic carbocycles. The topological polar surface area (TPSA) is 105 Å². The van der Waals surface area contributed by atoms with Crippen molar-refractivity contribution in [3.8, 4) is 0 Å². The van der Waals surface area contributed by atoms with E-state index in [0.29, 0.717) is 17.8 Å². The van der Waals surface area contributed by atoms with Crippen LogP contribution in [0, 0.1) is 0 Å². The van der Waals surface area contributed by atoms with Gasteiger partial charge >= 0.3 is 0 Å². The van der Waals surface area contributed by atoms with E-state index in [2.05, 4.69) is 25.3 Å². The van der Waals surface area contributed by atoms with E-state index in [0.717, 1.165) is 6.54 Å². The lowest BCUT2D eigenvalue weighted by molar-refractivity contribution is 0.572. The standard InChI is InChI=1S/C11H18N6O2S/c1-3-12-6-9-7-13-15-11(9)20(18,19)14-8-10-4-5-17(2)16-10/h4-5,7,12,14H,3,6,8H2,1-2H3,(H,13,15). The van der Waals surface area contributed by atoms with Gasteiger partial charge in [0.1, 0.15) is 0 Å². The molecule has 2 heterocycles. The van der Waals surface area contributed by atoms with Gasteiger partial charge in [0.2, 0.25) is 0 Å². The molecular formula is C11H18N6O2S. The minimum Gasteiger partial charge on any atom is -0.313 e. The highest BCUT2D eigenvalue weighted by molar-refractivity contribution is 7.89. The van der Waals surface area contributed by atoms with Crippen molar-refractivity contribution >= 4 is 10.0 Å². The van der Waals surface area contributed by atoms with Crippen LogP contribution in [0.4, 0.5) is 0 Å². The largest absolute Gasteiger partial charge is 0.313 e. The van der Waals surface area contributed by atoms with Crippen molar-refractivity contribution in [2.45, 2.75) is 25.0 Å². The van der Waals surface area contributed by atoms with E-state index in [1.54, 1.807) is 24.0 Å². The van der Waals surface area contributed by atoms with E-state index in [9.17, 15) is 8.42 Å². The van der Waals surface area contributed by atoms with Crippen LogP contribution in [0.15, 0.2) is 23.5 Å². The van der Waals surface area contributed by atoms with Crippen molar-refractivity contribution in [3.63, 3.8) is 0 Å². The van der Waals surface area contributed by atoms with Crippen LogP contribution in [-0.2, 0) is 30.2 Å². The first-order valence-corrected chi connectivity index (χ1v) is 7.72. The first-order valence-electron chi connectivity index (χ1n) is 6.24. The van der Waals surface area contributed by atoms with Gasteiger partial charge in [0, 0.05) is 25.4 Å². The molecule has 0 saturated heterocycles. The Bertz CT molecular complexity index is 660. The van der Waals surface area contributed by atoms with Crippen LogP contribution in [0.1, 0.15) is 18.2 Å². The quantitative estimate of drug-likeness (QED) is 0.653. The third-order valence-corrected chi connectivity index (χ3v) is 4.14. The fourth-order valence-electron chi connectivity index (χ4n) is 1.72. The molecule has 0 amide bonds. The molecule has 0 radical (unpaired) electrons. The second-order valence-electron chi connectivity index (χ2n) is 4.31. The highest BCUT2D eigenvalue weighted by Gasteiger charge is 2.20. The Hall–Kier alpha value is -1.71. The SMILES string of the molecule is CCNCc1cn[nH]c1S(=O)(=O)NCc1ccn(C)n1. The minimum absolute atomic E-state index is 0.0920. The Kier molecular flexibility index (Phi) is 4.53. The predicted octanol–water partition coefficient (Wildman–Crippen LogP) is -0.269. The van der Waals surface area contributed by atoms with Gasteiger partial charge in [-0.25, -0.2) is 13.1 Å². The summed E-state index contributed by atoms with van der Waals surface area (Å²) >= 11 is 0. The van der Waals surface area contributed by atoms with Crippen LogP contribution in [0.5, 0.6) is 0 Å². The fraction of sp³-hybridized carbons (Fsp3) is 0.455. The smallest absolute Gasteiger partial charge is 0.258 e. The van der Waals surface area contributed by atoms with Crippen LogP contribution < -0.4 is 10.0 Å². The number of nitrogens with zero attached hydrogens (tertiary/aromatic N) is 3. The molecule has 0 atom stereocenters. The Morgan fingerprint density at radius 3 is 2.85 bits per heavy atom. The van der Waals surface area contributed by atoms with E-state index >= 15 is 0 Å². The second-order valence-corrected chi connectivity index (χ2v) is 6.01. The summed E-state index contributed by atoms with van der Waals surface area (Å²) in [6.07, 6.45) is 3.27. The number of hydrogen-bond acceptors (Lipinski definition) is 5. The fourth-order valence-corrected chi connectivity index (χ4v) is 2.84. The normalized spacial score (nSPS) is 11.9. The lowest BCUT2D eigenvalue weighted by Gasteiger charge is -2.06. The molecule has 0 fully saturated rings. The van der Waals surface area contributed by atoms with Crippen LogP contribution >= 0.6 is 0 Å². The first kappa shape index (κ1) is 14.7. The van der Waals surface area contributed by atoms with Gasteiger partial charge in [-0.05, 0) is 12.6 Å². The number of nitrogens with one attached hydrogen (secondary N) is 3. The van der Waals surface area contributed by atoms with Gasteiger partial charge in [0.05, 0.1) is 18.4 Å². The lowest BCUT2D eigenvalue weighted by Crippen LogP contribution is -2.25. The molecule has 0 saturated carbocycles. The third-order valence-electron chi connectivity index (χ3n) is 2.72. The van der Waals surface area contributed by atoms with Crippen LogP contribution in [-0.4, -0.2) is 34.9 Å². The van der Waals surface area contributed by atoms with Gasteiger partial charge in [-0.3, -0.25) is 9.78 Å². The molecule has 2 aromatic rings. The van der Waals surface area contributed by atoms with Crippen molar-refractivity contribution in [1.82, 2.24) is 30.0 Å². The molecule has 0 bridgehead atoms. The maximum absolute atomic E-state index is 12.2. The Morgan fingerprint density at radius 1 is 1.40 bits per heavy atom. The first-order chi connectivity index (χ1) is 9.53. The van der Waals surface area contributed by atoms with Gasteiger partial charge < -0.3 is 5.32 Å². The highest BCUT2D eigenvalue weighted by atomic mass is 32.2. The summed E-state index contributed by atoms with van der Waals surface area (Å²) in [5.41, 5.74) is 1.27. The predicted molar refractivity (Wildman–Crippen MR) is 73.2 cm³/mol. The maximum Gasteiger partial charge on any atom is 0.258 e. The molecule has 0 aliphatic rings. The molecule has 110 valence electrons. The van der Waals surface area contributed by atoms with Crippen LogP contribution in [0.3, 0.4) is 0 Å². The summed E-state index contributed by atoms with van der Waals surface area (Å²) in [7, 11) is -1.85. The zero-order chi connectivity index (χ0) is 14.6. The van der Waals surface area contributed by atoms with Crippen molar-refractivity contribution in [1.29, 1.82) is 0 Å². The molecule has 0 spiro atoms. The second kappa shape index (κ2) is 6.16. The summed E-state index contributed by atoms with van der Waals surface area (Å²) in [6.45, 7) is 3.30. The molecular weight excluding hydrogens is 280 g/mol. The molecule has 0 aliphatic heterocycles. The summed E-state index contributed by atoms with van der Waals surface area (Å²) in [5.74, 6) is 0. The van der Waals surface area contributed by atoms with Gasteiger partial charge in [-0.2, -0.15) is 10.2 Å². The number of aromatic nitrogens is 4. The Labute approximate surface area is 117 Å². The molecule has 20 heavy (non-hydrogen) atoms. The van der Waals surface area contributed by atoms with Gasteiger partial charge in [-0.1, -0.05) is 6.92 Å². The molecule has 0 unspecified atom stereocenters. The average molecular weight is 298 g/mol. The number of hydrogen-bond donors (Lipinski definition) is 3. The lowest BCUT2D eigenvalue weighted by atomic mass is 10.3. The Balaban J connectivity index is 2.08. The molecule has 0 aliphatic carbocycles. The minimum atomic E-state index is -3.62. The highest BCUT2D eigenvalue weighted by Crippen LogP contribution is 2.11. The van der Waals surface area contributed by atoms with Crippen molar-refractivity contribution in [2.75, 3.05) is 6.54 Å². The van der Waals surface area contributed by atoms with E-state index < -0.39 is 10.0 Å². The zero-order valence-corrected chi connectivity index (χ0v) is 12.2. The Morgan fingerprint density at radius 2 is 2.20 bits per heavy atom. The maximum atomic E-state index is 12.2. The van der Waals surface area contributed by atoms with Gasteiger partial charge in [-0.15, -0.1) is 0 Å². The average Bonchev–Trinajstić information content (AvgIpc) is 3.03. The monoisotopic (exact) mass is 298 g/mol. The van der Waals surface area contributed by atoms with E-state index in [-0.39, 0.29) is 11.6 Å². The third kappa shape index (κ3) is 3.44. The molecule has 9 heteroatoms. The summed E-state index contributed by atoms with van der Waals surface area (Å²) < 4.78 is 28.6. The van der Waals surface area contributed by atoms with Crippen LogP contribution in [0.25, 0.3) is 0 Å². The van der Waals surface area contributed by atoms with E-state index in [1.807, 2.05) is 6.92 Å². The molecule has 3 N–H and O–H groups in total. The number of aryl methyl sites for hydroxylation is 1. The molecule has 2 aromatic heterocycles. The van der Waals surface area contributed by atoms with E-state index in [4.69, 9.17) is 0 Å². The summed E-state index contributed by atoms with van der Waals surface area (Å²) in [4.78, 5) is 0. The number of H-pyrrole nitrogens is 1. The van der Waals surface area contributed by atoms with Crippen molar-refractivity contribution < 1.29 is 8.42 Å². The number of aromatic amines is 1. The van der Waals surface area contributed by atoms with Crippen molar-refractivity contribution in [3.05, 3.63) is 29.7 Å². The van der Waals surface area contributed by atoms with Crippen molar-refractivity contribution in [2.24, 2.45) is 7.05 Å². The van der Waals surface area contributed by atoms with Crippen LogP contribution in [0.2, 0.25) is 0 Å². The van der Waals surface area contributed by atoms with Gasteiger partial charge in [0.25, 0.3) is 10.0 Å². The number of sulfonamides is 1. The zero-order valence-electron chi connectivity index (χ0n) is 11.4. The summed E-state index contributed by atoms with van der Waals surface area (Å²) in [6, 6.07) is 1.76. The van der Waals surface area contributed by atoms with Gasteiger partial charge in [0.15, 0.2) is 5.03 Å². The number of rotatable bonds is 7. The van der Waals surface area contributed by atoms with E-state index in [1.165, 1.54) is 6.20 Å². The molecule has 8 nitrogen and oxygen atoms in total. The summed E-state index contributed by atoms with van der Waals surface area (Å²) in [5, 5.41) is 13.6. The molecule has 2 rings (SSSR count).